The highest BCUT2D eigenvalue weighted by Gasteiger charge is 2.19. The summed E-state index contributed by atoms with van der Waals surface area (Å²) in [7, 11) is 1.52. The van der Waals surface area contributed by atoms with Crippen LogP contribution in [0, 0.1) is 0 Å². The fraction of sp³-hybridized carbons (Fsp3) is 0.176. The zero-order valence-corrected chi connectivity index (χ0v) is 13.6. The number of hydrogen-bond acceptors (Lipinski definition) is 4. The number of ketones is 1. The number of rotatable bonds is 6. The summed E-state index contributed by atoms with van der Waals surface area (Å²) in [6.45, 7) is -2.72. The fourth-order valence-electron chi connectivity index (χ4n) is 2.32. The average Bonchev–Trinajstić information content (AvgIpc) is 2.98. The lowest BCUT2D eigenvalue weighted by Crippen LogP contribution is -2.05. The zero-order chi connectivity index (χ0) is 17.1. The van der Waals surface area contributed by atoms with Crippen molar-refractivity contribution in [2.45, 2.75) is 11.7 Å². The van der Waals surface area contributed by atoms with Crippen molar-refractivity contribution in [3.63, 3.8) is 0 Å². The summed E-state index contributed by atoms with van der Waals surface area (Å²) in [6.07, 6.45) is 0. The minimum Gasteiger partial charge on any atom is -0.497 e. The summed E-state index contributed by atoms with van der Waals surface area (Å²) in [5.74, 6) is 0.417. The van der Waals surface area contributed by atoms with Gasteiger partial charge < -0.3 is 4.74 Å². The lowest BCUT2D eigenvalue weighted by molar-refractivity contribution is 0.0656. The molecule has 0 aliphatic rings. The van der Waals surface area contributed by atoms with Gasteiger partial charge in [-0.1, -0.05) is 36.0 Å². The highest BCUT2D eigenvalue weighted by Crippen LogP contribution is 2.29. The van der Waals surface area contributed by atoms with Gasteiger partial charge in [-0.3, -0.25) is 9.36 Å². The van der Waals surface area contributed by atoms with Crippen LogP contribution < -0.4 is 4.74 Å². The van der Waals surface area contributed by atoms with E-state index in [1.807, 2.05) is 0 Å². The molecule has 124 valence electrons. The van der Waals surface area contributed by atoms with E-state index in [9.17, 15) is 13.6 Å². The van der Waals surface area contributed by atoms with E-state index in [1.165, 1.54) is 7.11 Å². The van der Waals surface area contributed by atoms with Crippen LogP contribution in [0.4, 0.5) is 8.78 Å². The van der Waals surface area contributed by atoms with Crippen LogP contribution in [-0.4, -0.2) is 28.2 Å². The van der Waals surface area contributed by atoms with Crippen molar-refractivity contribution in [2.24, 2.45) is 0 Å². The number of fused-ring (bicyclic) bond motifs is 1. The fourth-order valence-corrected chi connectivity index (χ4v) is 3.23. The van der Waals surface area contributed by atoms with E-state index in [1.54, 1.807) is 48.5 Å². The first-order valence-electron chi connectivity index (χ1n) is 7.15. The molecular formula is C17H14F2N2O2S. The van der Waals surface area contributed by atoms with Gasteiger partial charge in [0.2, 0.25) is 0 Å². The van der Waals surface area contributed by atoms with Gasteiger partial charge in [-0.15, -0.1) is 0 Å². The van der Waals surface area contributed by atoms with Gasteiger partial charge in [0, 0.05) is 5.56 Å². The quantitative estimate of drug-likeness (QED) is 0.489. The van der Waals surface area contributed by atoms with E-state index in [2.05, 4.69) is 4.98 Å². The van der Waals surface area contributed by atoms with Crippen molar-refractivity contribution in [3.8, 4) is 5.75 Å². The molecule has 7 heteroatoms. The normalized spacial score (nSPS) is 11.2. The second-order valence-corrected chi connectivity index (χ2v) is 5.92. The van der Waals surface area contributed by atoms with Crippen molar-refractivity contribution < 1.29 is 18.3 Å². The predicted octanol–water partition coefficient (Wildman–Crippen LogP) is 4.42. The molecule has 0 bridgehead atoms. The van der Waals surface area contributed by atoms with Crippen molar-refractivity contribution in [2.75, 3.05) is 12.9 Å². The van der Waals surface area contributed by atoms with Crippen LogP contribution in [0.2, 0.25) is 0 Å². The number of aromatic nitrogens is 2. The number of ether oxygens (including phenoxy) is 1. The molecule has 0 radical (unpaired) electrons. The molecule has 1 aromatic heterocycles. The second-order valence-electron chi connectivity index (χ2n) is 4.97. The SMILES string of the molecule is COc1cccc(C(=O)CSc2nc3ccccc3n2C(F)F)c1. The Morgan fingerprint density at radius 1 is 1.25 bits per heavy atom. The maximum atomic E-state index is 13.3. The Kier molecular flexibility index (Phi) is 4.80. The topological polar surface area (TPSA) is 44.1 Å². The van der Waals surface area contributed by atoms with E-state index in [0.717, 1.165) is 16.3 Å². The summed E-state index contributed by atoms with van der Waals surface area (Å²) in [6, 6.07) is 13.4. The van der Waals surface area contributed by atoms with Gasteiger partial charge in [-0.25, -0.2) is 4.98 Å². The molecule has 0 fully saturated rings. The predicted molar refractivity (Wildman–Crippen MR) is 89.0 cm³/mol. The smallest absolute Gasteiger partial charge is 0.321 e. The van der Waals surface area contributed by atoms with Crippen molar-refractivity contribution in [1.82, 2.24) is 9.55 Å². The number of para-hydroxylation sites is 2. The number of hydrogen-bond donors (Lipinski definition) is 0. The van der Waals surface area contributed by atoms with Crippen LogP contribution in [0.3, 0.4) is 0 Å². The Bertz CT molecular complexity index is 880. The number of nitrogens with zero attached hydrogens (tertiary/aromatic N) is 2. The van der Waals surface area contributed by atoms with Crippen molar-refractivity contribution >= 4 is 28.6 Å². The molecule has 0 saturated carbocycles. The molecular weight excluding hydrogens is 334 g/mol. The van der Waals surface area contributed by atoms with Gasteiger partial charge in [0.15, 0.2) is 10.9 Å². The van der Waals surface area contributed by atoms with E-state index >= 15 is 0 Å². The molecule has 1 heterocycles. The van der Waals surface area contributed by atoms with Crippen LogP contribution in [0.15, 0.2) is 53.7 Å². The van der Waals surface area contributed by atoms with Gasteiger partial charge in [-0.05, 0) is 24.3 Å². The molecule has 0 amide bonds. The number of thioether (sulfide) groups is 1. The van der Waals surface area contributed by atoms with E-state index in [0.29, 0.717) is 22.3 Å². The molecule has 4 nitrogen and oxygen atoms in total. The minimum absolute atomic E-state index is 0.0171. The van der Waals surface area contributed by atoms with Crippen LogP contribution in [0.1, 0.15) is 16.9 Å². The summed E-state index contributed by atoms with van der Waals surface area (Å²) < 4.78 is 32.6. The molecule has 2 aromatic carbocycles. The Balaban J connectivity index is 1.82. The number of halogens is 2. The summed E-state index contributed by atoms with van der Waals surface area (Å²) in [5.41, 5.74) is 1.31. The zero-order valence-electron chi connectivity index (χ0n) is 12.8. The number of Topliss-reactive ketones (excluding diaryl/α,β-unsaturated/α-hetero) is 1. The second kappa shape index (κ2) is 7.00. The number of alkyl halides is 2. The van der Waals surface area contributed by atoms with E-state index < -0.39 is 6.55 Å². The minimum atomic E-state index is -2.72. The number of methoxy groups -OCH3 is 1. The average molecular weight is 348 g/mol. The van der Waals surface area contributed by atoms with E-state index in [-0.39, 0.29) is 16.7 Å². The van der Waals surface area contributed by atoms with Gasteiger partial charge in [0.05, 0.1) is 23.9 Å². The standard InChI is InChI=1S/C17H14F2N2O2S/c1-23-12-6-4-5-11(9-12)15(22)10-24-17-20-13-7-2-3-8-14(13)21(17)16(18)19/h2-9,16H,10H2,1H3. The molecule has 3 rings (SSSR count). The third-order valence-corrected chi connectivity index (χ3v) is 4.44. The molecule has 0 unspecified atom stereocenters. The Hall–Kier alpha value is -2.41. The lowest BCUT2D eigenvalue weighted by atomic mass is 10.1. The number of carbonyl (C=O) groups is 1. The first-order valence-corrected chi connectivity index (χ1v) is 8.14. The first kappa shape index (κ1) is 16.4. The monoisotopic (exact) mass is 348 g/mol. The molecule has 0 aliphatic carbocycles. The van der Waals surface area contributed by atoms with Gasteiger partial charge in [0.1, 0.15) is 5.75 Å². The van der Waals surface area contributed by atoms with Gasteiger partial charge in [-0.2, -0.15) is 8.78 Å². The van der Waals surface area contributed by atoms with Crippen LogP contribution >= 0.6 is 11.8 Å². The third-order valence-electron chi connectivity index (χ3n) is 3.48. The first-order chi connectivity index (χ1) is 11.6. The molecule has 0 saturated heterocycles. The third kappa shape index (κ3) is 3.26. The number of carbonyl (C=O) groups excluding carboxylic acids is 1. The largest absolute Gasteiger partial charge is 0.497 e. The Morgan fingerprint density at radius 3 is 2.79 bits per heavy atom. The Labute approximate surface area is 141 Å². The van der Waals surface area contributed by atoms with Crippen molar-refractivity contribution in [3.05, 3.63) is 54.1 Å². The highest BCUT2D eigenvalue weighted by atomic mass is 32.2. The summed E-state index contributed by atoms with van der Waals surface area (Å²) in [4.78, 5) is 16.5. The number of benzene rings is 2. The molecule has 3 aromatic rings. The van der Waals surface area contributed by atoms with Gasteiger partial charge in [0.25, 0.3) is 0 Å². The van der Waals surface area contributed by atoms with Crippen LogP contribution in [-0.2, 0) is 0 Å². The highest BCUT2D eigenvalue weighted by molar-refractivity contribution is 7.99. The van der Waals surface area contributed by atoms with Crippen LogP contribution in [0.5, 0.6) is 5.75 Å². The summed E-state index contributed by atoms with van der Waals surface area (Å²) >= 11 is 0.999. The van der Waals surface area contributed by atoms with Crippen molar-refractivity contribution in [1.29, 1.82) is 0 Å². The molecule has 0 N–H and O–H groups in total. The van der Waals surface area contributed by atoms with E-state index in [4.69, 9.17) is 4.74 Å². The molecule has 0 atom stereocenters. The molecule has 24 heavy (non-hydrogen) atoms. The lowest BCUT2D eigenvalue weighted by Gasteiger charge is -2.07. The summed E-state index contributed by atoms with van der Waals surface area (Å²) in [5, 5.41) is 0.127. The molecule has 0 spiro atoms. The Morgan fingerprint density at radius 2 is 2.04 bits per heavy atom. The molecule has 0 aliphatic heterocycles. The number of imidazole rings is 1. The van der Waals surface area contributed by atoms with Crippen LogP contribution in [0.25, 0.3) is 11.0 Å². The van der Waals surface area contributed by atoms with Gasteiger partial charge >= 0.3 is 6.55 Å². The maximum Gasteiger partial charge on any atom is 0.321 e. The maximum absolute atomic E-state index is 13.3.